The molecule has 1 aliphatic heterocycles. The van der Waals surface area contributed by atoms with Crippen LogP contribution < -0.4 is 10.6 Å². The summed E-state index contributed by atoms with van der Waals surface area (Å²) in [7, 11) is 0. The van der Waals surface area contributed by atoms with Crippen LogP contribution >= 0.6 is 0 Å². The van der Waals surface area contributed by atoms with E-state index in [0.29, 0.717) is 19.6 Å². The summed E-state index contributed by atoms with van der Waals surface area (Å²) >= 11 is 0. The van der Waals surface area contributed by atoms with Gasteiger partial charge in [-0.05, 0) is 41.7 Å². The number of rotatable bonds is 3. The van der Waals surface area contributed by atoms with Gasteiger partial charge in [0.05, 0.1) is 0 Å². The van der Waals surface area contributed by atoms with Crippen molar-refractivity contribution in [1.82, 2.24) is 10.2 Å². The molecule has 3 rings (SSSR count). The summed E-state index contributed by atoms with van der Waals surface area (Å²) in [5, 5.41) is 5.81. The maximum atomic E-state index is 12.4. The molecule has 5 heteroatoms. The lowest BCUT2D eigenvalue weighted by Crippen LogP contribution is -2.41. The molecule has 0 saturated heterocycles. The van der Waals surface area contributed by atoms with Crippen molar-refractivity contribution in [3.8, 4) is 0 Å². The van der Waals surface area contributed by atoms with Crippen molar-refractivity contribution in [2.45, 2.75) is 26.3 Å². The Morgan fingerprint density at radius 1 is 1.00 bits per heavy atom. The molecule has 0 fully saturated rings. The lowest BCUT2D eigenvalue weighted by molar-refractivity contribution is -0.114. The van der Waals surface area contributed by atoms with Gasteiger partial charge < -0.3 is 15.5 Å². The van der Waals surface area contributed by atoms with Crippen LogP contribution in [-0.2, 0) is 24.2 Å². The number of hydrogen-bond acceptors (Lipinski definition) is 2. The average molecular weight is 337 g/mol. The maximum absolute atomic E-state index is 12.4. The zero-order valence-corrected chi connectivity index (χ0v) is 14.4. The fourth-order valence-electron chi connectivity index (χ4n) is 3.09. The van der Waals surface area contributed by atoms with Crippen LogP contribution in [0.2, 0.25) is 0 Å². The molecule has 130 valence electrons. The Hall–Kier alpha value is -2.82. The molecule has 0 radical (unpaired) electrons. The molecule has 3 amide bonds. The van der Waals surface area contributed by atoms with Gasteiger partial charge in [0.25, 0.3) is 0 Å². The molecule has 5 nitrogen and oxygen atoms in total. The number of amides is 3. The van der Waals surface area contributed by atoms with Crippen LogP contribution in [0.25, 0.3) is 0 Å². The summed E-state index contributed by atoms with van der Waals surface area (Å²) in [5.74, 6) is -0.0736. The van der Waals surface area contributed by atoms with Gasteiger partial charge >= 0.3 is 6.03 Å². The minimum Gasteiger partial charge on any atom is -0.334 e. The maximum Gasteiger partial charge on any atom is 0.317 e. The first-order chi connectivity index (χ1) is 12.1. The van der Waals surface area contributed by atoms with Crippen LogP contribution in [0.1, 0.15) is 23.6 Å². The van der Waals surface area contributed by atoms with E-state index in [1.807, 2.05) is 53.4 Å². The number of fused-ring (bicyclic) bond motifs is 1. The number of hydrogen-bond donors (Lipinski definition) is 2. The first kappa shape index (κ1) is 17.0. The van der Waals surface area contributed by atoms with Gasteiger partial charge in [0.15, 0.2) is 0 Å². The van der Waals surface area contributed by atoms with E-state index < -0.39 is 0 Å². The Morgan fingerprint density at radius 2 is 1.72 bits per heavy atom. The molecule has 1 heterocycles. The highest BCUT2D eigenvalue weighted by Gasteiger charge is 2.18. The van der Waals surface area contributed by atoms with Crippen molar-refractivity contribution in [1.29, 1.82) is 0 Å². The molecule has 0 atom stereocenters. The minimum absolute atomic E-state index is 0.0289. The number of urea groups is 1. The standard InChI is InChI=1S/C20H23N3O2/c1-15(24)22-19-8-7-17-9-11-23(12-10-18(17)13-19)20(25)21-14-16-5-3-2-4-6-16/h2-8,13H,9-12,14H2,1H3,(H,21,25)(H,22,24). The SMILES string of the molecule is CC(=O)Nc1ccc2c(c1)CCN(C(=O)NCc1ccccc1)CC2. The smallest absolute Gasteiger partial charge is 0.317 e. The molecule has 0 aromatic heterocycles. The number of carbonyl (C=O) groups is 2. The van der Waals surface area contributed by atoms with E-state index in [4.69, 9.17) is 0 Å². The summed E-state index contributed by atoms with van der Waals surface area (Å²) in [4.78, 5) is 25.5. The van der Waals surface area contributed by atoms with E-state index in [9.17, 15) is 9.59 Å². The Kier molecular flexibility index (Phi) is 5.33. The molecule has 2 aromatic carbocycles. The Balaban J connectivity index is 1.59. The van der Waals surface area contributed by atoms with E-state index in [0.717, 1.165) is 24.1 Å². The Morgan fingerprint density at radius 3 is 2.44 bits per heavy atom. The minimum atomic E-state index is -0.0736. The fraction of sp³-hybridized carbons (Fsp3) is 0.300. The van der Waals surface area contributed by atoms with Crippen LogP contribution in [0, 0.1) is 0 Å². The third kappa shape index (κ3) is 4.59. The van der Waals surface area contributed by atoms with Crippen molar-refractivity contribution >= 4 is 17.6 Å². The molecule has 2 N–H and O–H groups in total. The van der Waals surface area contributed by atoms with E-state index >= 15 is 0 Å². The average Bonchev–Trinajstić information content (AvgIpc) is 2.82. The summed E-state index contributed by atoms with van der Waals surface area (Å²) in [5.41, 5.74) is 4.35. The predicted octanol–water partition coefficient (Wildman–Crippen LogP) is 2.96. The highest BCUT2D eigenvalue weighted by Crippen LogP contribution is 2.20. The lowest BCUT2D eigenvalue weighted by atomic mass is 10.0. The summed E-state index contributed by atoms with van der Waals surface area (Å²) < 4.78 is 0. The highest BCUT2D eigenvalue weighted by molar-refractivity contribution is 5.88. The van der Waals surface area contributed by atoms with Crippen LogP contribution in [0.5, 0.6) is 0 Å². The van der Waals surface area contributed by atoms with Gasteiger partial charge in [-0.15, -0.1) is 0 Å². The zero-order valence-electron chi connectivity index (χ0n) is 14.4. The van der Waals surface area contributed by atoms with Gasteiger partial charge in [-0.25, -0.2) is 4.79 Å². The number of carbonyl (C=O) groups excluding carboxylic acids is 2. The first-order valence-corrected chi connectivity index (χ1v) is 8.58. The van der Waals surface area contributed by atoms with Gasteiger partial charge in [0.2, 0.25) is 5.91 Å². The summed E-state index contributed by atoms with van der Waals surface area (Å²) in [6.45, 7) is 3.42. The van der Waals surface area contributed by atoms with Gasteiger partial charge in [-0.3, -0.25) is 4.79 Å². The van der Waals surface area contributed by atoms with E-state index in [-0.39, 0.29) is 11.9 Å². The van der Waals surface area contributed by atoms with Crippen LogP contribution in [0.15, 0.2) is 48.5 Å². The zero-order chi connectivity index (χ0) is 17.6. The molecular weight excluding hydrogens is 314 g/mol. The third-order valence-electron chi connectivity index (χ3n) is 4.40. The molecule has 0 bridgehead atoms. The topological polar surface area (TPSA) is 61.4 Å². The van der Waals surface area contributed by atoms with Crippen molar-refractivity contribution in [3.63, 3.8) is 0 Å². The van der Waals surface area contributed by atoms with Crippen LogP contribution in [0.4, 0.5) is 10.5 Å². The quantitative estimate of drug-likeness (QED) is 0.904. The molecular formula is C20H23N3O2. The highest BCUT2D eigenvalue weighted by atomic mass is 16.2. The molecule has 0 unspecified atom stereocenters. The number of nitrogens with zero attached hydrogens (tertiary/aromatic N) is 1. The molecule has 2 aromatic rings. The second-order valence-electron chi connectivity index (χ2n) is 6.30. The number of nitrogens with one attached hydrogen (secondary N) is 2. The van der Waals surface area contributed by atoms with Crippen molar-refractivity contribution < 1.29 is 9.59 Å². The number of anilines is 1. The van der Waals surface area contributed by atoms with E-state index in [1.165, 1.54) is 18.1 Å². The van der Waals surface area contributed by atoms with Gasteiger partial charge in [-0.1, -0.05) is 36.4 Å². The summed E-state index contributed by atoms with van der Waals surface area (Å²) in [6.07, 6.45) is 1.62. The Bertz CT molecular complexity index is 759. The summed E-state index contributed by atoms with van der Waals surface area (Å²) in [6, 6.07) is 15.9. The van der Waals surface area contributed by atoms with E-state index in [2.05, 4.69) is 10.6 Å². The fourth-order valence-corrected chi connectivity index (χ4v) is 3.09. The predicted molar refractivity (Wildman–Crippen MR) is 98.4 cm³/mol. The van der Waals surface area contributed by atoms with Gasteiger partial charge in [-0.2, -0.15) is 0 Å². The van der Waals surface area contributed by atoms with Crippen molar-refractivity contribution in [2.24, 2.45) is 0 Å². The van der Waals surface area contributed by atoms with Gasteiger partial charge in [0.1, 0.15) is 0 Å². The molecule has 1 aliphatic rings. The molecule has 25 heavy (non-hydrogen) atoms. The second kappa shape index (κ2) is 7.83. The molecule has 0 aliphatic carbocycles. The number of benzene rings is 2. The second-order valence-corrected chi connectivity index (χ2v) is 6.30. The van der Waals surface area contributed by atoms with Crippen molar-refractivity contribution in [2.75, 3.05) is 18.4 Å². The third-order valence-corrected chi connectivity index (χ3v) is 4.40. The first-order valence-electron chi connectivity index (χ1n) is 8.58. The van der Waals surface area contributed by atoms with Gasteiger partial charge in [0, 0.05) is 32.2 Å². The Labute approximate surface area is 148 Å². The lowest BCUT2D eigenvalue weighted by Gasteiger charge is -2.20. The van der Waals surface area contributed by atoms with Crippen LogP contribution in [0.3, 0.4) is 0 Å². The normalized spacial score (nSPS) is 13.6. The van der Waals surface area contributed by atoms with Crippen LogP contribution in [-0.4, -0.2) is 29.9 Å². The largest absolute Gasteiger partial charge is 0.334 e. The monoisotopic (exact) mass is 337 g/mol. The van der Waals surface area contributed by atoms with E-state index in [1.54, 1.807) is 0 Å². The van der Waals surface area contributed by atoms with Crippen molar-refractivity contribution in [3.05, 3.63) is 65.2 Å². The molecule has 0 spiro atoms. The molecule has 0 saturated carbocycles.